The van der Waals surface area contributed by atoms with E-state index in [1.54, 1.807) is 29.4 Å². The first-order valence-electron chi connectivity index (χ1n) is 8.13. The predicted octanol–water partition coefficient (Wildman–Crippen LogP) is 2.68. The minimum absolute atomic E-state index is 0.124. The van der Waals surface area contributed by atoms with Gasteiger partial charge in [0.25, 0.3) is 5.91 Å². The fraction of sp³-hybridized carbons (Fsp3) is 0.556. The van der Waals surface area contributed by atoms with Crippen LogP contribution < -0.4 is 0 Å². The number of ether oxygens (including phenoxy) is 2. The lowest BCUT2D eigenvalue weighted by Crippen LogP contribution is -2.44. The molecule has 1 aromatic heterocycles. The number of carbonyl (C=O) groups excluding carboxylic acids is 2. The molecule has 0 bridgehead atoms. The molecule has 6 nitrogen and oxygen atoms in total. The van der Waals surface area contributed by atoms with Gasteiger partial charge in [-0.05, 0) is 40.2 Å². The quantitative estimate of drug-likeness (QED) is 0.613. The van der Waals surface area contributed by atoms with Crippen LogP contribution in [0.4, 0.5) is 0 Å². The van der Waals surface area contributed by atoms with E-state index >= 15 is 0 Å². The van der Waals surface area contributed by atoms with E-state index in [0.717, 1.165) is 5.69 Å². The Morgan fingerprint density at radius 3 is 2.54 bits per heavy atom. The molecule has 2 heterocycles. The Bertz CT molecular complexity index is 673. The van der Waals surface area contributed by atoms with Crippen LogP contribution in [0.2, 0.25) is 0 Å². The number of allylic oxidation sites excluding steroid dienone is 1. The molecule has 6 heteroatoms. The highest BCUT2D eigenvalue weighted by atomic mass is 16.5. The van der Waals surface area contributed by atoms with Gasteiger partial charge in [-0.15, -0.1) is 6.58 Å². The molecule has 0 atom stereocenters. The summed E-state index contributed by atoms with van der Waals surface area (Å²) >= 11 is 0. The highest BCUT2D eigenvalue weighted by molar-refractivity contribution is 6.02. The predicted molar refractivity (Wildman–Crippen MR) is 91.1 cm³/mol. The van der Waals surface area contributed by atoms with Crippen LogP contribution in [0.15, 0.2) is 12.7 Å². The summed E-state index contributed by atoms with van der Waals surface area (Å²) in [5.74, 6) is -0.545. The topological polar surface area (TPSA) is 60.8 Å². The van der Waals surface area contributed by atoms with E-state index in [4.69, 9.17) is 9.47 Å². The first-order valence-corrected chi connectivity index (χ1v) is 8.13. The molecule has 132 valence electrons. The molecule has 0 aromatic carbocycles. The Hall–Kier alpha value is -2.08. The molecule has 1 aliphatic heterocycles. The lowest BCUT2D eigenvalue weighted by molar-refractivity contribution is 0.0513. The van der Waals surface area contributed by atoms with E-state index in [1.807, 2.05) is 20.8 Å². The number of nitrogens with zero attached hydrogens (tertiary/aromatic N) is 2. The second kappa shape index (κ2) is 6.81. The molecule has 24 heavy (non-hydrogen) atoms. The molecule has 0 N–H and O–H groups in total. The summed E-state index contributed by atoms with van der Waals surface area (Å²) in [5, 5.41) is 0. The largest absolute Gasteiger partial charge is 0.461 e. The molecule has 1 aliphatic rings. The molecule has 0 radical (unpaired) electrons. The molecular formula is C18H26N2O4. The SMILES string of the molecule is C=CCn1c(C)c(C(=O)N2COCC2(C)C)c(C)c1C(=O)OCC. The van der Waals surface area contributed by atoms with E-state index in [0.29, 0.717) is 30.0 Å². The summed E-state index contributed by atoms with van der Waals surface area (Å²) in [6.07, 6.45) is 1.70. The Labute approximate surface area is 143 Å². The van der Waals surface area contributed by atoms with Crippen molar-refractivity contribution in [3.05, 3.63) is 35.2 Å². The van der Waals surface area contributed by atoms with Crippen molar-refractivity contribution in [1.29, 1.82) is 0 Å². The van der Waals surface area contributed by atoms with Crippen LogP contribution >= 0.6 is 0 Å². The third-order valence-electron chi connectivity index (χ3n) is 4.41. The van der Waals surface area contributed by atoms with E-state index in [-0.39, 0.29) is 24.8 Å². The second-order valence-corrected chi connectivity index (χ2v) is 6.58. The smallest absolute Gasteiger partial charge is 0.355 e. The van der Waals surface area contributed by atoms with Crippen molar-refractivity contribution >= 4 is 11.9 Å². The molecule has 1 aromatic rings. The summed E-state index contributed by atoms with van der Waals surface area (Å²) in [5.41, 5.74) is 1.96. The van der Waals surface area contributed by atoms with E-state index < -0.39 is 5.97 Å². The molecule has 0 spiro atoms. The summed E-state index contributed by atoms with van der Waals surface area (Å²) in [6, 6.07) is 0. The maximum Gasteiger partial charge on any atom is 0.355 e. The highest BCUT2D eigenvalue weighted by Crippen LogP contribution is 2.29. The van der Waals surface area contributed by atoms with Gasteiger partial charge in [0.2, 0.25) is 0 Å². The maximum atomic E-state index is 13.1. The van der Waals surface area contributed by atoms with Crippen LogP contribution in [-0.4, -0.2) is 46.8 Å². The fourth-order valence-electron chi connectivity index (χ4n) is 3.14. The normalized spacial score (nSPS) is 16.3. The van der Waals surface area contributed by atoms with Crippen LogP contribution in [0.25, 0.3) is 0 Å². The minimum atomic E-state index is -0.420. The third-order valence-corrected chi connectivity index (χ3v) is 4.41. The van der Waals surface area contributed by atoms with Gasteiger partial charge in [0.05, 0.1) is 24.3 Å². The van der Waals surface area contributed by atoms with E-state index in [9.17, 15) is 9.59 Å². The average Bonchev–Trinajstić information content (AvgIpc) is 2.97. The summed E-state index contributed by atoms with van der Waals surface area (Å²) in [7, 11) is 0. The van der Waals surface area contributed by atoms with E-state index in [2.05, 4.69) is 6.58 Å². The van der Waals surface area contributed by atoms with Crippen molar-refractivity contribution in [3.63, 3.8) is 0 Å². The van der Waals surface area contributed by atoms with Gasteiger partial charge in [-0.2, -0.15) is 0 Å². The minimum Gasteiger partial charge on any atom is -0.461 e. The van der Waals surface area contributed by atoms with Crippen molar-refractivity contribution in [1.82, 2.24) is 9.47 Å². The standard InChI is InChI=1S/C18H26N2O4/c1-7-9-19-13(4)14(12(3)15(19)17(22)24-8-2)16(21)20-11-23-10-18(20,5)6/h7H,1,8-11H2,2-6H3. The zero-order valence-electron chi connectivity index (χ0n) is 15.1. The lowest BCUT2D eigenvalue weighted by atomic mass is 10.0. The van der Waals surface area contributed by atoms with Gasteiger partial charge in [-0.1, -0.05) is 6.08 Å². The molecule has 1 amide bonds. The summed E-state index contributed by atoms with van der Waals surface area (Å²) in [4.78, 5) is 27.2. The number of esters is 1. The lowest BCUT2D eigenvalue weighted by Gasteiger charge is -2.29. The first-order chi connectivity index (χ1) is 11.3. The zero-order chi connectivity index (χ0) is 18.1. The molecular weight excluding hydrogens is 308 g/mol. The van der Waals surface area contributed by atoms with Crippen molar-refractivity contribution in [3.8, 4) is 0 Å². The van der Waals surface area contributed by atoms with Gasteiger partial charge in [0, 0.05) is 12.2 Å². The van der Waals surface area contributed by atoms with Crippen molar-refractivity contribution < 1.29 is 19.1 Å². The molecule has 0 aliphatic carbocycles. The van der Waals surface area contributed by atoms with E-state index in [1.165, 1.54) is 0 Å². The monoisotopic (exact) mass is 334 g/mol. The van der Waals surface area contributed by atoms with Gasteiger partial charge in [-0.25, -0.2) is 4.79 Å². The van der Waals surface area contributed by atoms with Crippen LogP contribution in [-0.2, 0) is 16.0 Å². The Morgan fingerprint density at radius 2 is 2.04 bits per heavy atom. The number of aromatic nitrogens is 1. The van der Waals surface area contributed by atoms with Crippen molar-refractivity contribution in [2.75, 3.05) is 19.9 Å². The second-order valence-electron chi connectivity index (χ2n) is 6.58. The molecule has 0 unspecified atom stereocenters. The van der Waals surface area contributed by atoms with Crippen molar-refractivity contribution in [2.24, 2.45) is 0 Å². The fourth-order valence-corrected chi connectivity index (χ4v) is 3.14. The molecule has 0 saturated carbocycles. The summed E-state index contributed by atoms with van der Waals surface area (Å²) < 4.78 is 12.4. The van der Waals surface area contributed by atoms with Gasteiger partial charge < -0.3 is 18.9 Å². The zero-order valence-corrected chi connectivity index (χ0v) is 15.1. The number of carbonyl (C=O) groups is 2. The highest BCUT2D eigenvalue weighted by Gasteiger charge is 2.39. The van der Waals surface area contributed by atoms with Crippen LogP contribution in [0.5, 0.6) is 0 Å². The van der Waals surface area contributed by atoms with Crippen molar-refractivity contribution in [2.45, 2.75) is 46.7 Å². The average molecular weight is 334 g/mol. The van der Waals surface area contributed by atoms with Crippen LogP contribution in [0.1, 0.15) is 52.9 Å². The maximum absolute atomic E-state index is 13.1. The molecule has 1 fully saturated rings. The number of amides is 1. The van der Waals surface area contributed by atoms with Crippen LogP contribution in [0, 0.1) is 13.8 Å². The number of hydrogen-bond acceptors (Lipinski definition) is 4. The van der Waals surface area contributed by atoms with Gasteiger partial charge >= 0.3 is 5.97 Å². The van der Waals surface area contributed by atoms with Crippen LogP contribution in [0.3, 0.4) is 0 Å². The Morgan fingerprint density at radius 1 is 1.38 bits per heavy atom. The first kappa shape index (κ1) is 18.3. The molecule has 1 saturated heterocycles. The summed E-state index contributed by atoms with van der Waals surface area (Å²) in [6.45, 7) is 14.5. The Balaban J connectivity index is 2.54. The third kappa shape index (κ3) is 2.98. The Kier molecular flexibility index (Phi) is 5.18. The van der Waals surface area contributed by atoms with Gasteiger partial charge in [-0.3, -0.25) is 4.79 Å². The number of hydrogen-bond donors (Lipinski definition) is 0. The van der Waals surface area contributed by atoms with Gasteiger partial charge in [0.15, 0.2) is 0 Å². The number of rotatable bonds is 5. The molecule has 2 rings (SSSR count). The van der Waals surface area contributed by atoms with Gasteiger partial charge in [0.1, 0.15) is 12.4 Å².